The minimum Gasteiger partial charge on any atom is -0.385 e. The van der Waals surface area contributed by atoms with Crippen molar-refractivity contribution in [3.05, 3.63) is 42.5 Å². The molecule has 1 aliphatic rings. The summed E-state index contributed by atoms with van der Waals surface area (Å²) >= 11 is 0. The Kier molecular flexibility index (Phi) is 5.22. The Morgan fingerprint density at radius 1 is 1.22 bits per heavy atom. The van der Waals surface area contributed by atoms with E-state index >= 15 is 0 Å². The van der Waals surface area contributed by atoms with Crippen molar-refractivity contribution < 1.29 is 26.7 Å². The smallest absolute Gasteiger partial charge is 0.385 e. The first kappa shape index (κ1) is 19.7. The number of halogens is 3. The van der Waals surface area contributed by atoms with Crippen LogP contribution in [0.3, 0.4) is 0 Å². The molecule has 2 aromatic rings. The highest BCUT2D eigenvalue weighted by molar-refractivity contribution is 7.92. The summed E-state index contributed by atoms with van der Waals surface area (Å²) in [6, 6.07) is 5.15. The van der Waals surface area contributed by atoms with Crippen LogP contribution < -0.4 is 4.90 Å². The van der Waals surface area contributed by atoms with Gasteiger partial charge in [-0.25, -0.2) is 13.4 Å². The molecule has 27 heavy (non-hydrogen) atoms. The van der Waals surface area contributed by atoms with Gasteiger partial charge in [-0.1, -0.05) is 12.1 Å². The molecule has 1 aromatic carbocycles. The van der Waals surface area contributed by atoms with Crippen molar-refractivity contribution in [2.75, 3.05) is 18.0 Å². The number of benzene rings is 1. The van der Waals surface area contributed by atoms with Gasteiger partial charge in [0.25, 0.3) is 9.84 Å². The van der Waals surface area contributed by atoms with E-state index in [1.165, 1.54) is 18.2 Å². The molecule has 1 aliphatic heterocycles. The lowest BCUT2D eigenvalue weighted by Gasteiger charge is -2.36. The molecule has 10 heteroatoms. The minimum atomic E-state index is -5.43. The molecule has 0 amide bonds. The zero-order chi connectivity index (χ0) is 19.8. The van der Waals surface area contributed by atoms with Crippen LogP contribution >= 0.6 is 0 Å². The minimum absolute atomic E-state index is 0.0414. The molecule has 1 fully saturated rings. The zero-order valence-electron chi connectivity index (χ0n) is 14.6. The summed E-state index contributed by atoms with van der Waals surface area (Å²) < 4.78 is 64.4. The van der Waals surface area contributed by atoms with Crippen molar-refractivity contribution in [1.82, 2.24) is 9.55 Å². The summed E-state index contributed by atoms with van der Waals surface area (Å²) in [5.41, 5.74) is -5.31. The third-order valence-corrected chi connectivity index (χ3v) is 6.44. The number of aromatic nitrogens is 2. The number of para-hydroxylation sites is 1. The van der Waals surface area contributed by atoms with E-state index in [4.69, 9.17) is 0 Å². The van der Waals surface area contributed by atoms with Gasteiger partial charge >= 0.3 is 5.51 Å². The second-order valence-corrected chi connectivity index (χ2v) is 8.49. The molecule has 0 saturated carbocycles. The summed E-state index contributed by atoms with van der Waals surface area (Å²) in [6.45, 7) is 0.688. The maximum atomic E-state index is 13.0. The van der Waals surface area contributed by atoms with Crippen molar-refractivity contribution in [1.29, 1.82) is 0 Å². The van der Waals surface area contributed by atoms with Crippen molar-refractivity contribution in [3.63, 3.8) is 0 Å². The van der Waals surface area contributed by atoms with Gasteiger partial charge in [0.05, 0.1) is 10.6 Å². The van der Waals surface area contributed by atoms with Crippen molar-refractivity contribution >= 4 is 15.5 Å². The van der Waals surface area contributed by atoms with Gasteiger partial charge in [-0.2, -0.15) is 13.2 Å². The average molecular weight is 403 g/mol. The summed E-state index contributed by atoms with van der Waals surface area (Å²) in [6.07, 6.45) is 3.56. The van der Waals surface area contributed by atoms with Crippen molar-refractivity contribution in [3.8, 4) is 0 Å². The van der Waals surface area contributed by atoms with E-state index < -0.39 is 26.3 Å². The molecule has 1 saturated heterocycles. The van der Waals surface area contributed by atoms with Crippen LogP contribution in [-0.4, -0.2) is 41.7 Å². The van der Waals surface area contributed by atoms with E-state index in [1.807, 2.05) is 0 Å². The third-order valence-electron chi connectivity index (χ3n) is 4.91. The Hall–Kier alpha value is -2.07. The van der Waals surface area contributed by atoms with Crippen LogP contribution in [0, 0.1) is 5.92 Å². The van der Waals surface area contributed by atoms with Crippen LogP contribution in [0.1, 0.15) is 24.8 Å². The number of piperidine rings is 1. The maximum absolute atomic E-state index is 13.0. The number of alkyl halides is 3. The van der Waals surface area contributed by atoms with E-state index in [9.17, 15) is 26.7 Å². The molecule has 0 radical (unpaired) electrons. The highest BCUT2D eigenvalue weighted by atomic mass is 32.2. The number of rotatable bonds is 4. The number of nitrogens with zero attached hydrogens (tertiary/aromatic N) is 3. The van der Waals surface area contributed by atoms with E-state index in [-0.39, 0.29) is 11.6 Å². The Morgan fingerprint density at radius 3 is 2.41 bits per heavy atom. The number of sulfone groups is 1. The van der Waals surface area contributed by atoms with Crippen LogP contribution in [0.2, 0.25) is 0 Å². The molecule has 1 unspecified atom stereocenters. The molecule has 1 N–H and O–H groups in total. The van der Waals surface area contributed by atoms with Gasteiger partial charge in [0.2, 0.25) is 0 Å². The Labute approximate surface area is 155 Å². The first-order valence-electron chi connectivity index (χ1n) is 8.43. The zero-order valence-corrected chi connectivity index (χ0v) is 15.4. The lowest BCUT2D eigenvalue weighted by atomic mass is 9.90. The SMILES string of the molecule is Cn1ccnc1C(O)C1CCN(c2ccccc2S(=O)(=O)C(F)(F)F)CC1. The number of anilines is 1. The molecular formula is C17H20F3N3O3S. The number of aliphatic hydroxyl groups is 1. The first-order chi connectivity index (χ1) is 12.6. The molecule has 1 atom stereocenters. The Bertz CT molecular complexity index is 903. The Morgan fingerprint density at radius 2 is 1.85 bits per heavy atom. The molecule has 0 bridgehead atoms. The second-order valence-electron chi connectivity index (χ2n) is 6.58. The molecular weight excluding hydrogens is 383 g/mol. The first-order valence-corrected chi connectivity index (χ1v) is 9.92. The standard InChI is InChI=1S/C17H20F3N3O3S/c1-22-11-8-21-16(22)15(24)12-6-9-23(10-7-12)13-4-2-3-5-14(13)27(25,26)17(18,19)20/h2-5,8,11-12,15,24H,6-7,9-10H2,1H3. The van der Waals surface area contributed by atoms with Gasteiger partial charge < -0.3 is 14.6 Å². The fourth-order valence-electron chi connectivity index (χ4n) is 3.40. The molecule has 6 nitrogen and oxygen atoms in total. The normalized spacial score (nSPS) is 17.9. The van der Waals surface area contributed by atoms with Crippen LogP contribution in [0.25, 0.3) is 0 Å². The van der Waals surface area contributed by atoms with Crippen LogP contribution in [0.15, 0.2) is 41.6 Å². The number of aliphatic hydroxyl groups excluding tert-OH is 1. The van der Waals surface area contributed by atoms with E-state index in [2.05, 4.69) is 4.98 Å². The summed E-state index contributed by atoms with van der Waals surface area (Å²) in [5.74, 6) is 0.433. The fraction of sp³-hybridized carbons (Fsp3) is 0.471. The predicted octanol–water partition coefficient (Wildman–Crippen LogP) is 2.66. The lowest BCUT2D eigenvalue weighted by molar-refractivity contribution is -0.0435. The van der Waals surface area contributed by atoms with E-state index in [0.29, 0.717) is 31.8 Å². The highest BCUT2D eigenvalue weighted by Gasteiger charge is 2.48. The van der Waals surface area contributed by atoms with Gasteiger partial charge in [0.1, 0.15) is 11.9 Å². The molecule has 1 aromatic heterocycles. The molecule has 0 spiro atoms. The molecule has 3 rings (SSSR count). The number of hydrogen-bond acceptors (Lipinski definition) is 5. The lowest BCUT2D eigenvalue weighted by Crippen LogP contribution is -2.37. The van der Waals surface area contributed by atoms with Crippen molar-refractivity contribution in [2.45, 2.75) is 29.3 Å². The number of aryl methyl sites for hydroxylation is 1. The Balaban J connectivity index is 1.79. The van der Waals surface area contributed by atoms with E-state index in [1.54, 1.807) is 28.9 Å². The van der Waals surface area contributed by atoms with Gasteiger partial charge in [-0.3, -0.25) is 0 Å². The van der Waals surface area contributed by atoms with Crippen LogP contribution in [0.4, 0.5) is 18.9 Å². The van der Waals surface area contributed by atoms with Gasteiger partial charge in [0, 0.05) is 32.5 Å². The summed E-state index contributed by atoms with van der Waals surface area (Å²) in [7, 11) is -3.66. The quantitative estimate of drug-likeness (QED) is 0.850. The number of hydrogen-bond donors (Lipinski definition) is 1. The summed E-state index contributed by atoms with van der Waals surface area (Å²) in [4.78, 5) is 5.03. The third kappa shape index (κ3) is 3.68. The monoisotopic (exact) mass is 403 g/mol. The highest BCUT2D eigenvalue weighted by Crippen LogP contribution is 2.38. The molecule has 148 valence electrons. The second kappa shape index (κ2) is 7.16. The molecule has 2 heterocycles. The van der Waals surface area contributed by atoms with Gasteiger partial charge in [0.15, 0.2) is 0 Å². The van der Waals surface area contributed by atoms with Gasteiger partial charge in [-0.15, -0.1) is 0 Å². The maximum Gasteiger partial charge on any atom is 0.501 e. The fourth-order valence-corrected chi connectivity index (χ4v) is 4.38. The summed E-state index contributed by atoms with van der Waals surface area (Å²) in [5, 5.41) is 10.5. The van der Waals surface area contributed by atoms with Crippen LogP contribution in [-0.2, 0) is 16.9 Å². The van der Waals surface area contributed by atoms with E-state index in [0.717, 1.165) is 6.07 Å². The van der Waals surface area contributed by atoms with Crippen LogP contribution in [0.5, 0.6) is 0 Å². The van der Waals surface area contributed by atoms with Crippen molar-refractivity contribution in [2.24, 2.45) is 13.0 Å². The predicted molar refractivity (Wildman–Crippen MR) is 92.8 cm³/mol. The van der Waals surface area contributed by atoms with Gasteiger partial charge in [-0.05, 0) is 30.9 Å². The topological polar surface area (TPSA) is 75.4 Å². The average Bonchev–Trinajstić information content (AvgIpc) is 3.06. The molecule has 0 aliphatic carbocycles. The number of imidazole rings is 1. The largest absolute Gasteiger partial charge is 0.501 e.